The standard InChI is InChI=1S/C18H19N3O.2H2O/c1-12-19-9-10-21(12)11-13-7-8-16-17(18(13)22)14-5-3-4-6-15(14)20(16)2;;/h3-6,9-10,13H,7-8,11H2,1-2H3;2*1H2. The summed E-state index contributed by atoms with van der Waals surface area (Å²) >= 11 is 0. The molecule has 4 N–H and O–H groups in total. The van der Waals surface area contributed by atoms with Crippen LogP contribution in [-0.4, -0.2) is 30.9 Å². The van der Waals surface area contributed by atoms with Crippen molar-refractivity contribution >= 4 is 16.7 Å². The van der Waals surface area contributed by atoms with Gasteiger partial charge in [-0.05, 0) is 25.8 Å². The van der Waals surface area contributed by atoms with Gasteiger partial charge in [0.25, 0.3) is 0 Å². The zero-order valence-electron chi connectivity index (χ0n) is 13.9. The van der Waals surface area contributed by atoms with E-state index in [4.69, 9.17) is 0 Å². The highest BCUT2D eigenvalue weighted by Gasteiger charge is 2.32. The van der Waals surface area contributed by atoms with Crippen molar-refractivity contribution in [3.05, 3.63) is 53.7 Å². The van der Waals surface area contributed by atoms with E-state index in [1.807, 2.05) is 25.3 Å². The number of hydrogen-bond acceptors (Lipinski definition) is 2. The SMILES string of the molecule is Cc1nccn1CC1CCc2c(c3ccccc3n2C)C1=O.O.O. The maximum atomic E-state index is 13.0. The number of rotatable bonds is 2. The van der Waals surface area contributed by atoms with E-state index in [-0.39, 0.29) is 22.7 Å². The molecule has 1 aliphatic rings. The summed E-state index contributed by atoms with van der Waals surface area (Å²) in [6.07, 6.45) is 5.63. The molecule has 2 heterocycles. The average molecular weight is 329 g/mol. The van der Waals surface area contributed by atoms with Crippen LogP contribution in [0.3, 0.4) is 0 Å². The quantitative estimate of drug-likeness (QED) is 0.710. The first-order valence-electron chi connectivity index (χ1n) is 7.75. The highest BCUT2D eigenvalue weighted by molar-refractivity contribution is 6.11. The van der Waals surface area contributed by atoms with Crippen molar-refractivity contribution in [1.29, 1.82) is 0 Å². The molecule has 0 spiro atoms. The van der Waals surface area contributed by atoms with E-state index < -0.39 is 0 Å². The fraction of sp³-hybridized carbons (Fsp3) is 0.333. The Kier molecular flexibility index (Phi) is 4.91. The lowest BCUT2D eigenvalue weighted by molar-refractivity contribution is 0.0888. The fourth-order valence-corrected chi connectivity index (χ4v) is 3.67. The molecule has 0 saturated carbocycles. The lowest BCUT2D eigenvalue weighted by Crippen LogP contribution is -2.27. The van der Waals surface area contributed by atoms with Crippen LogP contribution < -0.4 is 0 Å². The number of Topliss-reactive ketones (excluding diaryl/α,β-unsaturated/α-hetero) is 1. The van der Waals surface area contributed by atoms with E-state index in [2.05, 4.69) is 33.3 Å². The van der Waals surface area contributed by atoms with Crippen LogP contribution in [0.2, 0.25) is 0 Å². The van der Waals surface area contributed by atoms with Gasteiger partial charge in [0.05, 0.1) is 0 Å². The number of para-hydroxylation sites is 1. The summed E-state index contributed by atoms with van der Waals surface area (Å²) in [6, 6.07) is 8.21. The summed E-state index contributed by atoms with van der Waals surface area (Å²) in [5, 5.41) is 1.09. The first-order valence-corrected chi connectivity index (χ1v) is 7.75. The third-order valence-electron chi connectivity index (χ3n) is 4.92. The number of hydrogen-bond donors (Lipinski definition) is 0. The molecule has 1 aromatic carbocycles. The smallest absolute Gasteiger partial charge is 0.170 e. The normalized spacial score (nSPS) is 16.4. The second-order valence-electron chi connectivity index (χ2n) is 6.12. The maximum absolute atomic E-state index is 13.0. The molecule has 24 heavy (non-hydrogen) atoms. The van der Waals surface area contributed by atoms with Gasteiger partial charge < -0.3 is 20.1 Å². The topological polar surface area (TPSA) is 103 Å². The first-order chi connectivity index (χ1) is 10.7. The van der Waals surface area contributed by atoms with Crippen LogP contribution in [0.25, 0.3) is 10.9 Å². The van der Waals surface area contributed by atoms with Crippen molar-refractivity contribution in [3.63, 3.8) is 0 Å². The molecule has 0 amide bonds. The number of nitrogens with zero attached hydrogens (tertiary/aromatic N) is 3. The van der Waals surface area contributed by atoms with Crippen LogP contribution >= 0.6 is 0 Å². The Hall–Kier alpha value is -2.44. The number of benzene rings is 1. The Labute approximate surface area is 140 Å². The van der Waals surface area contributed by atoms with Crippen LogP contribution in [0.15, 0.2) is 36.7 Å². The Balaban J connectivity index is 0.00000104. The van der Waals surface area contributed by atoms with Crippen molar-refractivity contribution in [3.8, 4) is 0 Å². The van der Waals surface area contributed by atoms with Gasteiger partial charge in [0, 0.05) is 54.1 Å². The van der Waals surface area contributed by atoms with Gasteiger partial charge in [0.15, 0.2) is 5.78 Å². The van der Waals surface area contributed by atoms with Gasteiger partial charge in [0.1, 0.15) is 5.82 Å². The summed E-state index contributed by atoms with van der Waals surface area (Å²) in [5.74, 6) is 1.30. The predicted octanol–water partition coefficient (Wildman–Crippen LogP) is 1.48. The molecule has 6 heteroatoms. The third kappa shape index (κ3) is 2.53. The Morgan fingerprint density at radius 3 is 2.71 bits per heavy atom. The van der Waals surface area contributed by atoms with Crippen molar-refractivity contribution in [1.82, 2.24) is 14.1 Å². The summed E-state index contributed by atoms with van der Waals surface area (Å²) in [7, 11) is 2.06. The van der Waals surface area contributed by atoms with E-state index in [0.717, 1.165) is 41.7 Å². The second-order valence-corrected chi connectivity index (χ2v) is 6.12. The number of aryl methyl sites for hydroxylation is 2. The van der Waals surface area contributed by atoms with Crippen LogP contribution in [0.4, 0.5) is 0 Å². The van der Waals surface area contributed by atoms with Crippen LogP contribution in [0.5, 0.6) is 0 Å². The molecule has 0 bridgehead atoms. The molecule has 0 radical (unpaired) electrons. The molecule has 1 atom stereocenters. The van der Waals surface area contributed by atoms with Gasteiger partial charge >= 0.3 is 0 Å². The summed E-state index contributed by atoms with van der Waals surface area (Å²) in [4.78, 5) is 17.3. The first kappa shape index (κ1) is 17.9. The van der Waals surface area contributed by atoms with Crippen LogP contribution in [0, 0.1) is 12.8 Å². The molecule has 0 saturated heterocycles. The largest absolute Gasteiger partial charge is 0.412 e. The molecule has 4 rings (SSSR count). The summed E-state index contributed by atoms with van der Waals surface area (Å²) < 4.78 is 4.26. The second kappa shape index (κ2) is 6.59. The highest BCUT2D eigenvalue weighted by atomic mass is 16.1. The fourth-order valence-electron chi connectivity index (χ4n) is 3.67. The molecule has 2 aromatic heterocycles. The zero-order chi connectivity index (χ0) is 15.3. The van der Waals surface area contributed by atoms with Crippen molar-refractivity contribution < 1.29 is 15.7 Å². The number of fused-ring (bicyclic) bond motifs is 3. The molecule has 0 fully saturated rings. The lowest BCUT2D eigenvalue weighted by Gasteiger charge is -2.23. The van der Waals surface area contributed by atoms with Crippen LogP contribution in [-0.2, 0) is 20.0 Å². The van der Waals surface area contributed by atoms with Crippen molar-refractivity contribution in [2.75, 3.05) is 0 Å². The average Bonchev–Trinajstić information content (AvgIpc) is 3.05. The van der Waals surface area contributed by atoms with E-state index in [1.54, 1.807) is 6.20 Å². The molecule has 128 valence electrons. The van der Waals surface area contributed by atoms with Gasteiger partial charge in [-0.15, -0.1) is 0 Å². The van der Waals surface area contributed by atoms with Gasteiger partial charge in [0.2, 0.25) is 0 Å². The molecule has 6 nitrogen and oxygen atoms in total. The molecular weight excluding hydrogens is 306 g/mol. The number of aromatic nitrogens is 3. The van der Waals surface area contributed by atoms with Crippen LogP contribution in [0.1, 0.15) is 28.3 Å². The van der Waals surface area contributed by atoms with Gasteiger partial charge in [-0.25, -0.2) is 4.98 Å². The molecular formula is C18H23N3O3. The highest BCUT2D eigenvalue weighted by Crippen LogP contribution is 2.34. The summed E-state index contributed by atoms with van der Waals surface area (Å²) in [6.45, 7) is 2.71. The van der Waals surface area contributed by atoms with E-state index in [1.165, 1.54) is 5.69 Å². The van der Waals surface area contributed by atoms with Gasteiger partial charge in [-0.2, -0.15) is 0 Å². The lowest BCUT2D eigenvalue weighted by atomic mass is 9.85. The van der Waals surface area contributed by atoms with Crippen molar-refractivity contribution in [2.24, 2.45) is 13.0 Å². The number of carbonyl (C=O) groups is 1. The molecule has 1 aliphatic carbocycles. The number of ketones is 1. The Morgan fingerprint density at radius 1 is 1.25 bits per heavy atom. The number of carbonyl (C=O) groups excluding carboxylic acids is 1. The predicted molar refractivity (Wildman–Crippen MR) is 93.3 cm³/mol. The monoisotopic (exact) mass is 329 g/mol. The number of imidazole rings is 1. The van der Waals surface area contributed by atoms with Crippen molar-refractivity contribution in [2.45, 2.75) is 26.3 Å². The minimum absolute atomic E-state index is 0. The minimum atomic E-state index is 0. The molecule has 0 aliphatic heterocycles. The maximum Gasteiger partial charge on any atom is 0.170 e. The molecule has 1 unspecified atom stereocenters. The van der Waals surface area contributed by atoms with E-state index in [0.29, 0.717) is 0 Å². The Morgan fingerprint density at radius 2 is 2.00 bits per heavy atom. The molecule has 3 aromatic rings. The van der Waals surface area contributed by atoms with E-state index >= 15 is 0 Å². The van der Waals surface area contributed by atoms with Gasteiger partial charge in [-0.3, -0.25) is 4.79 Å². The van der Waals surface area contributed by atoms with Gasteiger partial charge in [-0.1, -0.05) is 18.2 Å². The summed E-state index contributed by atoms with van der Waals surface area (Å²) in [5.41, 5.74) is 3.28. The zero-order valence-corrected chi connectivity index (χ0v) is 13.9. The minimum Gasteiger partial charge on any atom is -0.412 e. The van der Waals surface area contributed by atoms with E-state index in [9.17, 15) is 4.79 Å². The third-order valence-corrected chi connectivity index (χ3v) is 4.92. The Bertz CT molecular complexity index is 879.